The van der Waals surface area contributed by atoms with Gasteiger partial charge < -0.3 is 15.9 Å². The van der Waals surface area contributed by atoms with Crippen molar-refractivity contribution < 1.29 is 15.0 Å². The second-order valence-electron chi connectivity index (χ2n) is 2.23. The molecule has 0 heterocycles. The highest BCUT2D eigenvalue weighted by molar-refractivity contribution is 5.73. The molecule has 0 aliphatic rings. The summed E-state index contributed by atoms with van der Waals surface area (Å²) in [5, 5.41) is 16.9. The summed E-state index contributed by atoms with van der Waals surface area (Å²) in [6.07, 6.45) is 5.09. The van der Waals surface area contributed by atoms with Crippen LogP contribution in [0.2, 0.25) is 0 Å². The first-order chi connectivity index (χ1) is 5.11. The lowest BCUT2D eigenvalue weighted by atomic mass is 10.0. The van der Waals surface area contributed by atoms with E-state index in [1.54, 1.807) is 0 Å². The van der Waals surface area contributed by atoms with Crippen LogP contribution in [0.5, 0.6) is 0 Å². The molecule has 0 bridgehead atoms. The summed E-state index contributed by atoms with van der Waals surface area (Å²) in [5.41, 5.74) is 5.16. The van der Waals surface area contributed by atoms with Gasteiger partial charge in [-0.05, 0) is 6.42 Å². The molecule has 0 aliphatic heterocycles. The quantitative estimate of drug-likeness (QED) is 0.458. The maximum Gasteiger partial charge on any atom is 0.320 e. The van der Waals surface area contributed by atoms with Crippen LogP contribution in [0.15, 0.2) is 0 Å². The number of carboxylic acid groups (broad SMARTS) is 1. The predicted molar refractivity (Wildman–Crippen MR) is 39.6 cm³/mol. The van der Waals surface area contributed by atoms with Crippen LogP contribution in [-0.4, -0.2) is 28.8 Å². The first-order valence-electron chi connectivity index (χ1n) is 3.17. The number of aliphatic hydroxyl groups excluding tert-OH is 1. The fraction of sp³-hybridized carbons (Fsp3) is 0.571. The minimum absolute atomic E-state index is 0.113. The molecule has 0 saturated heterocycles. The molecule has 0 spiro atoms. The lowest BCUT2D eigenvalue weighted by Crippen LogP contribution is -2.32. The molecule has 0 aromatic carbocycles. The van der Waals surface area contributed by atoms with E-state index in [0.29, 0.717) is 0 Å². The van der Waals surface area contributed by atoms with Crippen molar-refractivity contribution in [3.8, 4) is 12.3 Å². The van der Waals surface area contributed by atoms with Gasteiger partial charge in [0.2, 0.25) is 0 Å². The second kappa shape index (κ2) is 4.72. The summed E-state index contributed by atoms with van der Waals surface area (Å²) in [5.74, 6) is 0.688. The van der Waals surface area contributed by atoms with Crippen LogP contribution in [0.25, 0.3) is 0 Å². The van der Waals surface area contributed by atoms with Crippen LogP contribution in [0.4, 0.5) is 0 Å². The summed E-state index contributed by atoms with van der Waals surface area (Å²) >= 11 is 0. The molecule has 0 aromatic heterocycles. The molecule has 0 fully saturated rings. The fourth-order valence-corrected chi connectivity index (χ4v) is 0.603. The van der Waals surface area contributed by atoms with Gasteiger partial charge >= 0.3 is 5.97 Å². The zero-order valence-electron chi connectivity index (χ0n) is 6.03. The van der Waals surface area contributed by atoms with E-state index in [-0.39, 0.29) is 13.0 Å². The molecule has 0 radical (unpaired) electrons. The summed E-state index contributed by atoms with van der Waals surface area (Å²) in [7, 11) is 0. The summed E-state index contributed by atoms with van der Waals surface area (Å²) < 4.78 is 0. The maximum absolute atomic E-state index is 10.2. The van der Waals surface area contributed by atoms with Crippen molar-refractivity contribution >= 4 is 5.97 Å². The van der Waals surface area contributed by atoms with Gasteiger partial charge in [0.05, 0.1) is 6.61 Å². The number of carboxylic acids is 1. The molecule has 4 nitrogen and oxygen atoms in total. The Balaban J connectivity index is 3.83. The minimum Gasteiger partial charge on any atom is -0.480 e. The van der Waals surface area contributed by atoms with Gasteiger partial charge in [-0.3, -0.25) is 4.79 Å². The Labute approximate surface area is 65.0 Å². The summed E-state index contributed by atoms with van der Waals surface area (Å²) in [6, 6.07) is -0.983. The van der Waals surface area contributed by atoms with E-state index in [1.807, 2.05) is 0 Å². The van der Waals surface area contributed by atoms with Crippen LogP contribution in [-0.2, 0) is 4.79 Å². The molecule has 4 heteroatoms. The molecule has 0 unspecified atom stereocenters. The molecule has 2 atom stereocenters. The summed E-state index contributed by atoms with van der Waals surface area (Å²) in [6.45, 7) is -0.225. The average molecular weight is 157 g/mol. The number of hydrogen-bond donors (Lipinski definition) is 3. The Morgan fingerprint density at radius 3 is 2.55 bits per heavy atom. The zero-order valence-corrected chi connectivity index (χ0v) is 6.03. The van der Waals surface area contributed by atoms with Crippen molar-refractivity contribution in [2.75, 3.05) is 6.61 Å². The standard InChI is InChI=1S/C7H11NO3/c1-2-5(4-9)3-6(8)7(10)11/h1,5-6,9H,3-4,8H2,(H,10,11)/t5-,6+/m1/s1. The zero-order chi connectivity index (χ0) is 8.85. The molecule has 0 aromatic rings. The summed E-state index contributed by atoms with van der Waals surface area (Å²) in [4.78, 5) is 10.2. The normalized spacial score (nSPS) is 15.0. The third-order valence-corrected chi connectivity index (χ3v) is 1.31. The van der Waals surface area contributed by atoms with Gasteiger partial charge in [0.1, 0.15) is 6.04 Å². The SMILES string of the molecule is C#C[C@@H](CO)C[C@H](N)C(=O)O. The van der Waals surface area contributed by atoms with Crippen LogP contribution in [0.1, 0.15) is 6.42 Å². The van der Waals surface area contributed by atoms with Gasteiger partial charge in [0, 0.05) is 5.92 Å². The van der Waals surface area contributed by atoms with E-state index in [9.17, 15) is 4.79 Å². The molecule has 4 N–H and O–H groups in total. The highest BCUT2D eigenvalue weighted by Crippen LogP contribution is 2.02. The topological polar surface area (TPSA) is 83.5 Å². The average Bonchev–Trinajstić information content (AvgIpc) is 1.99. The number of hydrogen-bond acceptors (Lipinski definition) is 3. The first kappa shape index (κ1) is 9.95. The monoisotopic (exact) mass is 157 g/mol. The number of nitrogens with two attached hydrogens (primary N) is 1. The van der Waals surface area contributed by atoms with Crippen molar-refractivity contribution in [2.24, 2.45) is 11.7 Å². The van der Waals surface area contributed by atoms with E-state index in [0.717, 1.165) is 0 Å². The largest absolute Gasteiger partial charge is 0.480 e. The number of aliphatic carboxylic acids is 1. The van der Waals surface area contributed by atoms with Gasteiger partial charge in [-0.2, -0.15) is 0 Å². The Hall–Kier alpha value is -1.05. The third kappa shape index (κ3) is 3.61. The van der Waals surface area contributed by atoms with E-state index < -0.39 is 17.9 Å². The Bertz CT molecular complexity index is 173. The molecule has 0 amide bonds. The predicted octanol–water partition coefficient (Wildman–Crippen LogP) is -0.970. The van der Waals surface area contributed by atoms with Gasteiger partial charge in [-0.15, -0.1) is 12.3 Å². The van der Waals surface area contributed by atoms with Crippen molar-refractivity contribution in [1.29, 1.82) is 0 Å². The van der Waals surface area contributed by atoms with E-state index in [1.165, 1.54) is 0 Å². The van der Waals surface area contributed by atoms with Gasteiger partial charge in [-0.25, -0.2) is 0 Å². The van der Waals surface area contributed by atoms with E-state index in [2.05, 4.69) is 5.92 Å². The smallest absolute Gasteiger partial charge is 0.320 e. The highest BCUT2D eigenvalue weighted by Gasteiger charge is 2.15. The van der Waals surface area contributed by atoms with Crippen LogP contribution >= 0.6 is 0 Å². The van der Waals surface area contributed by atoms with Gasteiger partial charge in [-0.1, -0.05) is 0 Å². The van der Waals surface area contributed by atoms with E-state index in [4.69, 9.17) is 22.4 Å². The minimum atomic E-state index is -1.10. The lowest BCUT2D eigenvalue weighted by molar-refractivity contribution is -0.138. The van der Waals surface area contributed by atoms with Crippen LogP contribution in [0.3, 0.4) is 0 Å². The number of carbonyl (C=O) groups is 1. The molecule has 0 rings (SSSR count). The van der Waals surface area contributed by atoms with Crippen molar-refractivity contribution in [3.63, 3.8) is 0 Å². The Morgan fingerprint density at radius 1 is 1.73 bits per heavy atom. The van der Waals surface area contributed by atoms with Crippen molar-refractivity contribution in [3.05, 3.63) is 0 Å². The lowest BCUT2D eigenvalue weighted by Gasteiger charge is -2.09. The fourth-order valence-electron chi connectivity index (χ4n) is 0.603. The van der Waals surface area contributed by atoms with E-state index >= 15 is 0 Å². The molecule has 0 aliphatic carbocycles. The van der Waals surface area contributed by atoms with Crippen molar-refractivity contribution in [2.45, 2.75) is 12.5 Å². The number of rotatable bonds is 4. The Kier molecular flexibility index (Phi) is 4.27. The Morgan fingerprint density at radius 2 is 2.27 bits per heavy atom. The number of terminal acetylenes is 1. The first-order valence-corrected chi connectivity index (χ1v) is 3.17. The van der Waals surface area contributed by atoms with Crippen LogP contribution in [0, 0.1) is 18.3 Å². The number of aliphatic hydroxyl groups is 1. The molecule has 0 saturated carbocycles. The highest BCUT2D eigenvalue weighted by atomic mass is 16.4. The van der Waals surface area contributed by atoms with Gasteiger partial charge in [0.25, 0.3) is 0 Å². The molecule has 62 valence electrons. The molecular weight excluding hydrogens is 146 g/mol. The molecule has 11 heavy (non-hydrogen) atoms. The maximum atomic E-state index is 10.2. The third-order valence-electron chi connectivity index (χ3n) is 1.31. The second-order valence-corrected chi connectivity index (χ2v) is 2.23. The van der Waals surface area contributed by atoms with Gasteiger partial charge in [0.15, 0.2) is 0 Å². The van der Waals surface area contributed by atoms with Crippen molar-refractivity contribution in [1.82, 2.24) is 0 Å². The van der Waals surface area contributed by atoms with Crippen LogP contribution < -0.4 is 5.73 Å². The molecular formula is C7H11NO3.